The molecular formula is C16H21N3O2S. The summed E-state index contributed by atoms with van der Waals surface area (Å²) < 4.78 is 5.16. The molecule has 1 fully saturated rings. The van der Waals surface area contributed by atoms with E-state index in [0.29, 0.717) is 18.8 Å². The van der Waals surface area contributed by atoms with E-state index in [1.165, 1.54) is 0 Å². The molecule has 2 aromatic rings. The minimum absolute atomic E-state index is 0.223. The van der Waals surface area contributed by atoms with Gasteiger partial charge in [0.2, 0.25) is 5.91 Å². The molecule has 118 valence electrons. The maximum atomic E-state index is 12.5. The minimum Gasteiger partial charge on any atom is -0.361 e. The van der Waals surface area contributed by atoms with Gasteiger partial charge >= 0.3 is 0 Å². The number of amides is 1. The first kappa shape index (κ1) is 15.2. The Labute approximate surface area is 134 Å². The van der Waals surface area contributed by atoms with Crippen LogP contribution in [-0.2, 0) is 11.2 Å². The van der Waals surface area contributed by atoms with Gasteiger partial charge in [0.15, 0.2) is 0 Å². The first-order valence-electron chi connectivity index (χ1n) is 7.74. The maximum absolute atomic E-state index is 12.5. The second-order valence-corrected chi connectivity index (χ2v) is 6.78. The largest absolute Gasteiger partial charge is 0.361 e. The van der Waals surface area contributed by atoms with E-state index in [4.69, 9.17) is 4.52 Å². The highest BCUT2D eigenvalue weighted by Crippen LogP contribution is 2.28. The topological polar surface area (TPSA) is 59.2 Å². The van der Waals surface area contributed by atoms with Gasteiger partial charge in [0.1, 0.15) is 5.76 Å². The molecule has 3 heterocycles. The first-order chi connectivity index (χ1) is 10.6. The van der Waals surface area contributed by atoms with Crippen LogP contribution in [0.4, 0.5) is 0 Å². The summed E-state index contributed by atoms with van der Waals surface area (Å²) in [7, 11) is 0. The van der Waals surface area contributed by atoms with Gasteiger partial charge in [-0.25, -0.2) is 4.98 Å². The van der Waals surface area contributed by atoms with Crippen LogP contribution in [0.15, 0.2) is 16.1 Å². The van der Waals surface area contributed by atoms with E-state index in [-0.39, 0.29) is 5.91 Å². The molecule has 3 rings (SSSR count). The smallest absolute Gasteiger partial charge is 0.222 e. The SMILES string of the molecule is Cc1noc(C)c1CCC(=O)N1CCCC(c2nccs2)C1. The molecule has 0 aromatic carbocycles. The number of thiazole rings is 1. The number of aryl methyl sites for hydroxylation is 2. The molecular weight excluding hydrogens is 298 g/mol. The predicted octanol–water partition coefficient (Wildman–Crippen LogP) is 3.09. The van der Waals surface area contributed by atoms with Crippen LogP contribution in [0.5, 0.6) is 0 Å². The molecule has 5 nitrogen and oxygen atoms in total. The molecule has 0 spiro atoms. The Kier molecular flexibility index (Phi) is 4.57. The number of hydrogen-bond acceptors (Lipinski definition) is 5. The Balaban J connectivity index is 1.58. The molecule has 0 N–H and O–H groups in total. The van der Waals surface area contributed by atoms with Crippen molar-refractivity contribution in [2.45, 2.75) is 45.4 Å². The van der Waals surface area contributed by atoms with E-state index in [0.717, 1.165) is 48.0 Å². The molecule has 22 heavy (non-hydrogen) atoms. The molecule has 1 aliphatic heterocycles. The lowest BCUT2D eigenvalue weighted by molar-refractivity contribution is -0.132. The third kappa shape index (κ3) is 3.21. The zero-order valence-electron chi connectivity index (χ0n) is 13.0. The monoisotopic (exact) mass is 319 g/mol. The predicted molar refractivity (Wildman–Crippen MR) is 85.0 cm³/mol. The normalized spacial score (nSPS) is 18.6. The van der Waals surface area contributed by atoms with Crippen molar-refractivity contribution >= 4 is 17.2 Å². The van der Waals surface area contributed by atoms with Crippen LogP contribution in [-0.4, -0.2) is 34.0 Å². The molecule has 0 aliphatic carbocycles. The van der Waals surface area contributed by atoms with Gasteiger partial charge in [-0.15, -0.1) is 11.3 Å². The van der Waals surface area contributed by atoms with Gasteiger partial charge in [-0.05, 0) is 33.1 Å². The lowest BCUT2D eigenvalue weighted by Crippen LogP contribution is -2.39. The highest BCUT2D eigenvalue weighted by molar-refractivity contribution is 7.09. The van der Waals surface area contributed by atoms with Crippen LogP contribution in [0.3, 0.4) is 0 Å². The highest BCUT2D eigenvalue weighted by atomic mass is 32.1. The summed E-state index contributed by atoms with van der Waals surface area (Å²) >= 11 is 1.69. The van der Waals surface area contributed by atoms with Crippen molar-refractivity contribution in [3.8, 4) is 0 Å². The van der Waals surface area contributed by atoms with E-state index in [2.05, 4.69) is 10.1 Å². The Hall–Kier alpha value is -1.69. The zero-order valence-corrected chi connectivity index (χ0v) is 13.9. The molecule has 0 radical (unpaired) electrons. The van der Waals surface area contributed by atoms with E-state index in [9.17, 15) is 4.79 Å². The van der Waals surface area contributed by atoms with Crippen LogP contribution >= 0.6 is 11.3 Å². The molecule has 1 atom stereocenters. The summed E-state index contributed by atoms with van der Waals surface area (Å²) in [5.74, 6) is 1.45. The van der Waals surface area contributed by atoms with Gasteiger partial charge in [-0.2, -0.15) is 0 Å². The third-order valence-electron chi connectivity index (χ3n) is 4.34. The molecule has 6 heteroatoms. The van der Waals surface area contributed by atoms with Gasteiger partial charge in [0.25, 0.3) is 0 Å². The second kappa shape index (κ2) is 6.60. The van der Waals surface area contributed by atoms with E-state index in [1.807, 2.05) is 30.3 Å². The fourth-order valence-electron chi connectivity index (χ4n) is 3.09. The molecule has 1 saturated heterocycles. The summed E-state index contributed by atoms with van der Waals surface area (Å²) in [4.78, 5) is 18.9. The Morgan fingerprint density at radius 1 is 1.50 bits per heavy atom. The lowest BCUT2D eigenvalue weighted by atomic mass is 9.98. The maximum Gasteiger partial charge on any atom is 0.222 e. The van der Waals surface area contributed by atoms with Gasteiger partial charge in [0, 0.05) is 42.6 Å². The van der Waals surface area contributed by atoms with Gasteiger partial charge < -0.3 is 9.42 Å². The van der Waals surface area contributed by atoms with Crippen molar-refractivity contribution in [3.63, 3.8) is 0 Å². The Bertz CT molecular complexity index is 616. The number of aromatic nitrogens is 2. The summed E-state index contributed by atoms with van der Waals surface area (Å²) in [6, 6.07) is 0. The van der Waals surface area contributed by atoms with Crippen molar-refractivity contribution in [2.75, 3.05) is 13.1 Å². The van der Waals surface area contributed by atoms with Crippen LogP contribution in [0.2, 0.25) is 0 Å². The fraction of sp³-hybridized carbons (Fsp3) is 0.562. The fourth-order valence-corrected chi connectivity index (χ4v) is 3.86. The molecule has 0 bridgehead atoms. The molecule has 2 aromatic heterocycles. The Morgan fingerprint density at radius 2 is 2.36 bits per heavy atom. The number of hydrogen-bond donors (Lipinski definition) is 0. The average Bonchev–Trinajstić information content (AvgIpc) is 3.16. The second-order valence-electron chi connectivity index (χ2n) is 5.85. The molecule has 1 amide bonds. The molecule has 0 saturated carbocycles. The van der Waals surface area contributed by atoms with Crippen molar-refractivity contribution in [3.05, 3.63) is 33.6 Å². The summed E-state index contributed by atoms with van der Waals surface area (Å²) in [5, 5.41) is 7.11. The summed E-state index contributed by atoms with van der Waals surface area (Å²) in [6.45, 7) is 5.49. The van der Waals surface area contributed by atoms with Crippen LogP contribution in [0, 0.1) is 13.8 Å². The first-order valence-corrected chi connectivity index (χ1v) is 8.62. The van der Waals surface area contributed by atoms with Crippen molar-refractivity contribution in [2.24, 2.45) is 0 Å². The quantitative estimate of drug-likeness (QED) is 0.869. The summed E-state index contributed by atoms with van der Waals surface area (Å²) in [6.07, 6.45) is 5.26. The van der Waals surface area contributed by atoms with E-state index < -0.39 is 0 Å². The number of likely N-dealkylation sites (tertiary alicyclic amines) is 1. The van der Waals surface area contributed by atoms with E-state index >= 15 is 0 Å². The van der Waals surface area contributed by atoms with Crippen molar-refractivity contribution in [1.82, 2.24) is 15.0 Å². The van der Waals surface area contributed by atoms with Crippen LogP contribution in [0.1, 0.15) is 47.2 Å². The molecule has 1 unspecified atom stereocenters. The number of piperidine rings is 1. The standard InChI is InChI=1S/C16H21N3O2S/c1-11-14(12(2)21-18-11)5-6-15(20)19-8-3-4-13(10-19)16-17-7-9-22-16/h7,9,13H,3-6,8,10H2,1-2H3. The number of carbonyl (C=O) groups excluding carboxylic acids is 1. The average molecular weight is 319 g/mol. The number of nitrogens with zero attached hydrogens (tertiary/aromatic N) is 3. The molecule has 1 aliphatic rings. The number of carbonyl (C=O) groups is 1. The van der Waals surface area contributed by atoms with Gasteiger partial charge in [-0.1, -0.05) is 5.16 Å². The minimum atomic E-state index is 0.223. The Morgan fingerprint density at radius 3 is 3.05 bits per heavy atom. The van der Waals surface area contributed by atoms with Crippen LogP contribution < -0.4 is 0 Å². The lowest BCUT2D eigenvalue weighted by Gasteiger charge is -2.32. The van der Waals surface area contributed by atoms with Gasteiger partial charge in [-0.3, -0.25) is 4.79 Å². The van der Waals surface area contributed by atoms with Gasteiger partial charge in [0.05, 0.1) is 10.7 Å². The zero-order chi connectivity index (χ0) is 15.5. The highest BCUT2D eigenvalue weighted by Gasteiger charge is 2.26. The number of rotatable bonds is 4. The van der Waals surface area contributed by atoms with Crippen molar-refractivity contribution < 1.29 is 9.32 Å². The third-order valence-corrected chi connectivity index (χ3v) is 5.28. The summed E-state index contributed by atoms with van der Waals surface area (Å²) in [5.41, 5.74) is 1.96. The van der Waals surface area contributed by atoms with Crippen molar-refractivity contribution in [1.29, 1.82) is 0 Å². The van der Waals surface area contributed by atoms with Crippen LogP contribution in [0.25, 0.3) is 0 Å². The van der Waals surface area contributed by atoms with E-state index in [1.54, 1.807) is 11.3 Å².